The van der Waals surface area contributed by atoms with Crippen LogP contribution in [0.3, 0.4) is 0 Å². The number of nitrogens with one attached hydrogen (secondary N) is 2. The molecule has 6 heteroatoms. The molecule has 106 valence electrons. The number of aryl methyl sites for hydroxylation is 1. The van der Waals surface area contributed by atoms with Crippen molar-refractivity contribution in [2.24, 2.45) is 0 Å². The molecule has 0 aliphatic heterocycles. The molecule has 0 unspecified atom stereocenters. The van der Waals surface area contributed by atoms with Gasteiger partial charge in [0, 0.05) is 22.7 Å². The van der Waals surface area contributed by atoms with Gasteiger partial charge in [-0.15, -0.1) is 11.3 Å². The highest BCUT2D eigenvalue weighted by atomic mass is 32.1. The molecule has 1 heterocycles. The summed E-state index contributed by atoms with van der Waals surface area (Å²) in [4.78, 5) is 17.1. The van der Waals surface area contributed by atoms with E-state index >= 15 is 0 Å². The molecule has 1 aromatic carbocycles. The molecule has 1 aromatic heterocycles. The maximum absolute atomic E-state index is 11.7. The zero-order chi connectivity index (χ0) is 14.4. The Morgan fingerprint density at radius 2 is 2.10 bits per heavy atom. The first-order chi connectivity index (χ1) is 9.70. The van der Waals surface area contributed by atoms with Crippen molar-refractivity contribution in [3.63, 3.8) is 0 Å². The van der Waals surface area contributed by atoms with E-state index in [9.17, 15) is 4.79 Å². The molecule has 2 rings (SSSR count). The monoisotopic (exact) mass is 291 g/mol. The summed E-state index contributed by atoms with van der Waals surface area (Å²) in [6.45, 7) is 2.93. The molecule has 0 saturated carbocycles. The molecule has 0 spiro atoms. The fourth-order valence-corrected chi connectivity index (χ4v) is 2.41. The molecule has 0 aliphatic rings. The second-order valence-corrected chi connectivity index (χ2v) is 5.21. The van der Waals surface area contributed by atoms with Gasteiger partial charge in [0.25, 0.3) is 5.91 Å². The van der Waals surface area contributed by atoms with Crippen molar-refractivity contribution >= 4 is 22.9 Å². The highest BCUT2D eigenvalue weighted by molar-refractivity contribution is 7.09. The lowest BCUT2D eigenvalue weighted by Gasteiger charge is -2.07. The molecule has 20 heavy (non-hydrogen) atoms. The Balaban J connectivity index is 1.91. The third kappa shape index (κ3) is 3.79. The quantitative estimate of drug-likeness (QED) is 0.758. The predicted octanol–water partition coefficient (Wildman–Crippen LogP) is 1.79. The van der Waals surface area contributed by atoms with Gasteiger partial charge in [-0.05, 0) is 31.2 Å². The average molecular weight is 291 g/mol. The molecule has 0 aliphatic carbocycles. The Labute approximate surface area is 121 Å². The number of nitrogens with zero attached hydrogens (tertiary/aromatic N) is 1. The number of aliphatic hydroxyl groups is 1. The van der Waals surface area contributed by atoms with E-state index in [4.69, 9.17) is 5.11 Å². The number of aromatic nitrogens is 1. The van der Waals surface area contributed by atoms with E-state index in [0.29, 0.717) is 5.56 Å². The van der Waals surface area contributed by atoms with Crippen molar-refractivity contribution in [2.45, 2.75) is 13.5 Å². The Morgan fingerprint density at radius 1 is 1.35 bits per heavy atom. The summed E-state index contributed by atoms with van der Waals surface area (Å²) in [6, 6.07) is 7.25. The van der Waals surface area contributed by atoms with Crippen LogP contribution in [0.1, 0.15) is 20.9 Å². The molecule has 0 saturated heterocycles. The van der Waals surface area contributed by atoms with E-state index in [1.165, 1.54) is 4.88 Å². The first kappa shape index (κ1) is 14.5. The van der Waals surface area contributed by atoms with Crippen molar-refractivity contribution in [3.8, 4) is 0 Å². The van der Waals surface area contributed by atoms with Crippen LogP contribution in [0, 0.1) is 6.92 Å². The van der Waals surface area contributed by atoms with E-state index in [1.807, 2.05) is 24.6 Å². The van der Waals surface area contributed by atoms with Crippen molar-refractivity contribution in [1.29, 1.82) is 0 Å². The minimum atomic E-state index is -0.177. The minimum absolute atomic E-state index is 0.0560. The molecule has 0 atom stereocenters. The number of aliphatic hydroxyl groups excluding tert-OH is 1. The van der Waals surface area contributed by atoms with Crippen LogP contribution in [0.2, 0.25) is 0 Å². The first-order valence-corrected chi connectivity index (χ1v) is 7.20. The van der Waals surface area contributed by atoms with Gasteiger partial charge in [-0.2, -0.15) is 0 Å². The predicted molar refractivity (Wildman–Crippen MR) is 80.0 cm³/mol. The van der Waals surface area contributed by atoms with Crippen molar-refractivity contribution < 1.29 is 9.90 Å². The zero-order valence-corrected chi connectivity index (χ0v) is 12.0. The molecule has 1 amide bonds. The number of carbonyl (C=O) groups excluding carboxylic acids is 1. The average Bonchev–Trinajstić information content (AvgIpc) is 2.88. The summed E-state index contributed by atoms with van der Waals surface area (Å²) in [7, 11) is 0. The van der Waals surface area contributed by atoms with E-state index in [-0.39, 0.29) is 19.1 Å². The lowest BCUT2D eigenvalue weighted by Crippen LogP contribution is -2.26. The Kier molecular flexibility index (Phi) is 5.09. The molecule has 3 N–H and O–H groups in total. The molecular weight excluding hydrogens is 274 g/mol. The van der Waals surface area contributed by atoms with Gasteiger partial charge in [-0.1, -0.05) is 0 Å². The van der Waals surface area contributed by atoms with Gasteiger partial charge in [-0.25, -0.2) is 4.98 Å². The Bertz CT molecular complexity index is 566. The summed E-state index contributed by atoms with van der Waals surface area (Å²) in [5.41, 5.74) is 4.41. The van der Waals surface area contributed by atoms with Crippen LogP contribution in [-0.2, 0) is 6.54 Å². The van der Waals surface area contributed by atoms with Crippen molar-refractivity contribution in [1.82, 2.24) is 10.3 Å². The van der Waals surface area contributed by atoms with Crippen molar-refractivity contribution in [2.75, 3.05) is 18.5 Å². The molecule has 0 radical (unpaired) electrons. The topological polar surface area (TPSA) is 74.2 Å². The van der Waals surface area contributed by atoms with E-state index in [2.05, 4.69) is 15.6 Å². The number of anilines is 1. The van der Waals surface area contributed by atoms with E-state index in [1.54, 1.807) is 23.5 Å². The lowest BCUT2D eigenvalue weighted by molar-refractivity contribution is 0.0945. The van der Waals surface area contributed by atoms with Gasteiger partial charge in [0.1, 0.15) is 0 Å². The maximum Gasteiger partial charge on any atom is 0.251 e. The summed E-state index contributed by atoms with van der Waals surface area (Å²) >= 11 is 1.62. The molecular formula is C14H17N3O2S. The van der Waals surface area contributed by atoms with Gasteiger partial charge in [0.05, 0.1) is 24.4 Å². The first-order valence-electron chi connectivity index (χ1n) is 6.32. The van der Waals surface area contributed by atoms with Gasteiger partial charge in [-0.3, -0.25) is 4.79 Å². The molecule has 0 bridgehead atoms. The van der Waals surface area contributed by atoms with Gasteiger partial charge in [0.15, 0.2) is 0 Å². The summed E-state index contributed by atoms with van der Waals surface area (Å²) < 4.78 is 0. The number of thiazole rings is 1. The molecule has 5 nitrogen and oxygen atoms in total. The number of hydrogen-bond acceptors (Lipinski definition) is 5. The highest BCUT2D eigenvalue weighted by Gasteiger charge is 2.05. The van der Waals surface area contributed by atoms with Crippen LogP contribution < -0.4 is 10.6 Å². The van der Waals surface area contributed by atoms with Crippen LogP contribution >= 0.6 is 11.3 Å². The van der Waals surface area contributed by atoms with Crippen LogP contribution in [0.15, 0.2) is 29.8 Å². The third-order valence-corrected chi connectivity index (χ3v) is 3.78. The maximum atomic E-state index is 11.7. The Morgan fingerprint density at radius 3 is 2.70 bits per heavy atom. The summed E-state index contributed by atoms with van der Waals surface area (Å²) in [5, 5.41) is 14.6. The minimum Gasteiger partial charge on any atom is -0.395 e. The standard InChI is InChI=1S/C14H17N3O2S/c1-10-13(20-9-17-10)8-16-12-4-2-11(3-5-12)14(19)15-6-7-18/h2-5,9,16,18H,6-8H2,1H3,(H,15,19). The van der Waals surface area contributed by atoms with Gasteiger partial charge >= 0.3 is 0 Å². The van der Waals surface area contributed by atoms with Gasteiger partial charge < -0.3 is 15.7 Å². The fourth-order valence-electron chi connectivity index (χ4n) is 1.69. The van der Waals surface area contributed by atoms with Crippen LogP contribution in [0.25, 0.3) is 0 Å². The van der Waals surface area contributed by atoms with Crippen LogP contribution in [0.4, 0.5) is 5.69 Å². The number of amides is 1. The normalized spacial score (nSPS) is 10.3. The second-order valence-electron chi connectivity index (χ2n) is 4.27. The zero-order valence-electron chi connectivity index (χ0n) is 11.2. The number of benzene rings is 1. The van der Waals surface area contributed by atoms with Crippen molar-refractivity contribution in [3.05, 3.63) is 45.9 Å². The van der Waals surface area contributed by atoms with E-state index < -0.39 is 0 Å². The molecule has 2 aromatic rings. The largest absolute Gasteiger partial charge is 0.395 e. The summed E-state index contributed by atoms with van der Waals surface area (Å²) in [6.07, 6.45) is 0. The number of hydrogen-bond donors (Lipinski definition) is 3. The SMILES string of the molecule is Cc1ncsc1CNc1ccc(C(=O)NCCO)cc1. The van der Waals surface area contributed by atoms with E-state index in [0.717, 1.165) is 17.9 Å². The number of carbonyl (C=O) groups is 1. The second kappa shape index (κ2) is 7.02. The Hall–Kier alpha value is -1.92. The van der Waals surface area contributed by atoms with Crippen LogP contribution in [-0.4, -0.2) is 29.1 Å². The molecule has 0 fully saturated rings. The fraction of sp³-hybridized carbons (Fsp3) is 0.286. The van der Waals surface area contributed by atoms with Gasteiger partial charge in [0.2, 0.25) is 0 Å². The highest BCUT2D eigenvalue weighted by Crippen LogP contribution is 2.15. The van der Waals surface area contributed by atoms with Crippen LogP contribution in [0.5, 0.6) is 0 Å². The smallest absolute Gasteiger partial charge is 0.251 e. The number of rotatable bonds is 6. The third-order valence-electron chi connectivity index (χ3n) is 2.84. The summed E-state index contributed by atoms with van der Waals surface area (Å²) in [5.74, 6) is -0.177. The lowest BCUT2D eigenvalue weighted by atomic mass is 10.2.